The first kappa shape index (κ1) is 16.9. The van der Waals surface area contributed by atoms with Gasteiger partial charge in [0.1, 0.15) is 0 Å². The predicted octanol–water partition coefficient (Wildman–Crippen LogP) is 3.69. The predicted molar refractivity (Wildman–Crippen MR) is 93.8 cm³/mol. The summed E-state index contributed by atoms with van der Waals surface area (Å²) < 4.78 is 5.24. The number of anilines is 1. The summed E-state index contributed by atoms with van der Waals surface area (Å²) in [6, 6.07) is 13.1. The SMILES string of the molecule is CC(C)CCOC(=O)c1cccc(N2C(=O)c3ccccc3C2=O)c1. The Balaban J connectivity index is 1.82. The van der Waals surface area contributed by atoms with Gasteiger partial charge < -0.3 is 4.74 Å². The van der Waals surface area contributed by atoms with Gasteiger partial charge in [0.25, 0.3) is 11.8 Å². The molecule has 5 heteroatoms. The molecule has 5 nitrogen and oxygen atoms in total. The average Bonchev–Trinajstić information content (AvgIpc) is 2.86. The van der Waals surface area contributed by atoms with E-state index < -0.39 is 5.97 Å². The molecule has 0 atom stereocenters. The van der Waals surface area contributed by atoms with Gasteiger partial charge in [-0.2, -0.15) is 0 Å². The minimum atomic E-state index is -0.459. The van der Waals surface area contributed by atoms with Gasteiger partial charge in [-0.15, -0.1) is 0 Å². The van der Waals surface area contributed by atoms with E-state index in [1.165, 1.54) is 6.07 Å². The summed E-state index contributed by atoms with van der Waals surface area (Å²) in [7, 11) is 0. The maximum Gasteiger partial charge on any atom is 0.338 e. The molecule has 2 aromatic carbocycles. The molecule has 1 aliphatic rings. The highest BCUT2D eigenvalue weighted by atomic mass is 16.5. The van der Waals surface area contributed by atoms with Crippen molar-refractivity contribution < 1.29 is 19.1 Å². The Morgan fingerprint density at radius 1 is 1.00 bits per heavy atom. The second-order valence-corrected chi connectivity index (χ2v) is 6.36. The van der Waals surface area contributed by atoms with E-state index in [1.807, 2.05) is 0 Å². The molecule has 0 aliphatic carbocycles. The molecule has 1 heterocycles. The maximum absolute atomic E-state index is 12.5. The molecule has 0 radical (unpaired) electrons. The molecule has 2 aromatic rings. The minimum absolute atomic E-state index is 0.317. The second kappa shape index (κ2) is 6.89. The van der Waals surface area contributed by atoms with Crippen LogP contribution in [0.4, 0.5) is 5.69 Å². The molecule has 0 bridgehead atoms. The van der Waals surface area contributed by atoms with Crippen LogP contribution in [0.5, 0.6) is 0 Å². The fourth-order valence-electron chi connectivity index (χ4n) is 2.67. The van der Waals surface area contributed by atoms with Gasteiger partial charge in [-0.25, -0.2) is 9.69 Å². The lowest BCUT2D eigenvalue weighted by molar-refractivity contribution is 0.0487. The maximum atomic E-state index is 12.5. The third-order valence-electron chi connectivity index (χ3n) is 4.06. The Morgan fingerprint density at radius 2 is 1.64 bits per heavy atom. The van der Waals surface area contributed by atoms with Crippen molar-refractivity contribution >= 4 is 23.5 Å². The van der Waals surface area contributed by atoms with Crippen LogP contribution in [0.2, 0.25) is 0 Å². The fourth-order valence-corrected chi connectivity index (χ4v) is 2.67. The van der Waals surface area contributed by atoms with Crippen LogP contribution in [-0.2, 0) is 4.74 Å². The van der Waals surface area contributed by atoms with Crippen LogP contribution in [-0.4, -0.2) is 24.4 Å². The number of hydrogen-bond donors (Lipinski definition) is 0. The number of carbonyl (C=O) groups is 3. The minimum Gasteiger partial charge on any atom is -0.462 e. The molecular weight excluding hydrogens is 318 g/mol. The van der Waals surface area contributed by atoms with E-state index in [0.717, 1.165) is 11.3 Å². The van der Waals surface area contributed by atoms with Crippen LogP contribution in [0.25, 0.3) is 0 Å². The van der Waals surface area contributed by atoms with Crippen molar-refractivity contribution in [3.05, 3.63) is 65.2 Å². The zero-order chi connectivity index (χ0) is 18.0. The number of imide groups is 1. The lowest BCUT2D eigenvalue weighted by Crippen LogP contribution is -2.29. The van der Waals surface area contributed by atoms with Crippen molar-refractivity contribution in [1.82, 2.24) is 0 Å². The van der Waals surface area contributed by atoms with Crippen molar-refractivity contribution in [1.29, 1.82) is 0 Å². The first-order valence-corrected chi connectivity index (χ1v) is 8.24. The lowest BCUT2D eigenvalue weighted by atomic mass is 10.1. The number of benzene rings is 2. The van der Waals surface area contributed by atoms with Crippen LogP contribution >= 0.6 is 0 Å². The van der Waals surface area contributed by atoms with Crippen molar-refractivity contribution in [2.24, 2.45) is 5.92 Å². The second-order valence-electron chi connectivity index (χ2n) is 6.36. The Bertz CT molecular complexity index is 806. The molecular formula is C20H19NO4. The van der Waals surface area contributed by atoms with Gasteiger partial charge in [0.05, 0.1) is 29.0 Å². The zero-order valence-electron chi connectivity index (χ0n) is 14.2. The molecule has 2 amide bonds. The van der Waals surface area contributed by atoms with Crippen molar-refractivity contribution in [3.8, 4) is 0 Å². The van der Waals surface area contributed by atoms with Gasteiger partial charge in [0, 0.05) is 0 Å². The van der Waals surface area contributed by atoms with Crippen LogP contribution in [0.1, 0.15) is 51.3 Å². The molecule has 1 aliphatic heterocycles. The topological polar surface area (TPSA) is 63.7 Å². The number of amides is 2. The third-order valence-corrected chi connectivity index (χ3v) is 4.06. The Kier molecular flexibility index (Phi) is 4.65. The number of carbonyl (C=O) groups excluding carboxylic acids is 3. The van der Waals surface area contributed by atoms with Crippen LogP contribution in [0.3, 0.4) is 0 Å². The quantitative estimate of drug-likeness (QED) is 0.616. The molecule has 0 aromatic heterocycles. The number of rotatable bonds is 5. The molecule has 0 unspecified atom stereocenters. The highest BCUT2D eigenvalue weighted by molar-refractivity contribution is 6.34. The van der Waals surface area contributed by atoms with E-state index >= 15 is 0 Å². The molecule has 25 heavy (non-hydrogen) atoms. The van der Waals surface area contributed by atoms with Crippen molar-refractivity contribution in [2.75, 3.05) is 11.5 Å². The zero-order valence-corrected chi connectivity index (χ0v) is 14.2. The Labute approximate surface area is 146 Å². The number of fused-ring (bicyclic) bond motifs is 1. The van der Waals surface area contributed by atoms with E-state index in [0.29, 0.717) is 34.9 Å². The molecule has 0 saturated heterocycles. The van der Waals surface area contributed by atoms with Crippen LogP contribution in [0.15, 0.2) is 48.5 Å². The summed E-state index contributed by atoms with van der Waals surface area (Å²) in [5.74, 6) is -0.784. The first-order chi connectivity index (χ1) is 12.0. The average molecular weight is 337 g/mol. The molecule has 0 spiro atoms. The molecule has 128 valence electrons. The Hall–Kier alpha value is -2.95. The van der Waals surface area contributed by atoms with Gasteiger partial charge in [0.15, 0.2) is 0 Å². The van der Waals surface area contributed by atoms with Gasteiger partial charge in [-0.3, -0.25) is 9.59 Å². The molecule has 3 rings (SSSR count). The van der Waals surface area contributed by atoms with Gasteiger partial charge >= 0.3 is 5.97 Å². The highest BCUT2D eigenvalue weighted by Gasteiger charge is 2.36. The van der Waals surface area contributed by atoms with Gasteiger partial charge in [0.2, 0.25) is 0 Å². The highest BCUT2D eigenvalue weighted by Crippen LogP contribution is 2.28. The van der Waals surface area contributed by atoms with E-state index in [4.69, 9.17) is 4.74 Å². The van der Waals surface area contributed by atoms with Crippen molar-refractivity contribution in [2.45, 2.75) is 20.3 Å². The normalized spacial score (nSPS) is 13.3. The summed E-state index contributed by atoms with van der Waals surface area (Å²) >= 11 is 0. The smallest absolute Gasteiger partial charge is 0.338 e. The number of ether oxygens (including phenoxy) is 1. The van der Waals surface area contributed by atoms with Crippen LogP contribution < -0.4 is 4.90 Å². The summed E-state index contributed by atoms with van der Waals surface area (Å²) in [6.45, 7) is 4.45. The van der Waals surface area contributed by atoms with E-state index in [-0.39, 0.29) is 11.8 Å². The monoisotopic (exact) mass is 337 g/mol. The van der Waals surface area contributed by atoms with Gasteiger partial charge in [-0.1, -0.05) is 32.0 Å². The van der Waals surface area contributed by atoms with Crippen LogP contribution in [0, 0.1) is 5.92 Å². The molecule has 0 saturated carbocycles. The standard InChI is InChI=1S/C20H19NO4/c1-13(2)10-11-25-20(24)14-6-5-7-15(12-14)21-18(22)16-8-3-4-9-17(16)19(21)23/h3-9,12-13H,10-11H2,1-2H3. The number of esters is 1. The number of hydrogen-bond acceptors (Lipinski definition) is 4. The van der Waals surface area contributed by atoms with E-state index in [2.05, 4.69) is 13.8 Å². The van der Waals surface area contributed by atoms with E-state index in [9.17, 15) is 14.4 Å². The summed E-state index contributed by atoms with van der Waals surface area (Å²) in [4.78, 5) is 38.3. The summed E-state index contributed by atoms with van der Waals surface area (Å²) in [5.41, 5.74) is 1.43. The van der Waals surface area contributed by atoms with Crippen molar-refractivity contribution in [3.63, 3.8) is 0 Å². The van der Waals surface area contributed by atoms with Gasteiger partial charge in [-0.05, 0) is 42.7 Å². The molecule has 0 fully saturated rings. The third kappa shape index (κ3) is 3.31. The lowest BCUT2D eigenvalue weighted by Gasteiger charge is -2.15. The fraction of sp³-hybridized carbons (Fsp3) is 0.250. The summed E-state index contributed by atoms with van der Waals surface area (Å²) in [6.07, 6.45) is 0.782. The molecule has 0 N–H and O–H groups in total. The largest absolute Gasteiger partial charge is 0.462 e. The summed E-state index contributed by atoms with van der Waals surface area (Å²) in [5, 5.41) is 0. The first-order valence-electron chi connectivity index (χ1n) is 8.24. The Morgan fingerprint density at radius 3 is 2.24 bits per heavy atom. The van der Waals surface area contributed by atoms with E-state index in [1.54, 1.807) is 42.5 Å². The number of nitrogens with zero attached hydrogens (tertiary/aromatic N) is 1.